The molecule has 1 saturated carbocycles. The van der Waals surface area contributed by atoms with Gasteiger partial charge in [-0.1, -0.05) is 13.3 Å². The molecule has 0 heterocycles. The van der Waals surface area contributed by atoms with E-state index < -0.39 is 10.8 Å². The zero-order chi connectivity index (χ0) is 13.4. The van der Waals surface area contributed by atoms with Crippen molar-refractivity contribution in [2.75, 3.05) is 24.7 Å². The minimum atomic E-state index is -0.706. The molecule has 1 rings (SSSR count). The highest BCUT2D eigenvalue weighted by atomic mass is 32.2. The topological polar surface area (TPSA) is 55.4 Å². The molecule has 5 heteroatoms. The van der Waals surface area contributed by atoms with Crippen LogP contribution in [0.15, 0.2) is 0 Å². The van der Waals surface area contributed by atoms with E-state index in [0.717, 1.165) is 38.0 Å². The third-order valence-corrected chi connectivity index (χ3v) is 4.68. The molecule has 0 amide bonds. The molecule has 0 aromatic carbocycles. The van der Waals surface area contributed by atoms with Crippen LogP contribution in [0.3, 0.4) is 0 Å². The van der Waals surface area contributed by atoms with E-state index in [2.05, 4.69) is 5.32 Å². The fourth-order valence-electron chi connectivity index (χ4n) is 2.37. The summed E-state index contributed by atoms with van der Waals surface area (Å²) in [6.45, 7) is 5.02. The normalized spacial score (nSPS) is 25.7. The third-order valence-electron chi connectivity index (χ3n) is 3.38. The number of ether oxygens (including phenoxy) is 1. The SMILES string of the molecule is CCOC(=O)C1CCCC(NCCS(=O)CC)C1. The van der Waals surface area contributed by atoms with Gasteiger partial charge in [0.05, 0.1) is 12.5 Å². The van der Waals surface area contributed by atoms with Gasteiger partial charge in [0.1, 0.15) is 0 Å². The van der Waals surface area contributed by atoms with Crippen molar-refractivity contribution in [1.82, 2.24) is 5.32 Å². The van der Waals surface area contributed by atoms with Crippen molar-refractivity contribution in [3.8, 4) is 0 Å². The molecule has 0 aliphatic heterocycles. The maximum Gasteiger partial charge on any atom is 0.308 e. The van der Waals surface area contributed by atoms with Crippen molar-refractivity contribution < 1.29 is 13.7 Å². The zero-order valence-electron chi connectivity index (χ0n) is 11.4. The van der Waals surface area contributed by atoms with Gasteiger partial charge >= 0.3 is 5.97 Å². The number of hydrogen-bond donors (Lipinski definition) is 1. The van der Waals surface area contributed by atoms with E-state index >= 15 is 0 Å². The van der Waals surface area contributed by atoms with Crippen LogP contribution in [0, 0.1) is 5.92 Å². The number of nitrogens with one attached hydrogen (secondary N) is 1. The molecule has 1 aliphatic rings. The van der Waals surface area contributed by atoms with Crippen LogP contribution in [0.2, 0.25) is 0 Å². The number of carbonyl (C=O) groups excluding carboxylic acids is 1. The molecular weight excluding hydrogens is 250 g/mol. The van der Waals surface area contributed by atoms with E-state index in [1.165, 1.54) is 0 Å². The fourth-order valence-corrected chi connectivity index (χ4v) is 3.00. The van der Waals surface area contributed by atoms with Crippen molar-refractivity contribution in [2.24, 2.45) is 5.92 Å². The highest BCUT2D eigenvalue weighted by Crippen LogP contribution is 2.25. The molecule has 0 spiro atoms. The van der Waals surface area contributed by atoms with Gasteiger partial charge in [0.15, 0.2) is 0 Å². The molecule has 106 valence electrons. The van der Waals surface area contributed by atoms with Gasteiger partial charge in [-0.25, -0.2) is 0 Å². The number of esters is 1. The van der Waals surface area contributed by atoms with Gasteiger partial charge in [-0.2, -0.15) is 0 Å². The largest absolute Gasteiger partial charge is 0.466 e. The lowest BCUT2D eigenvalue weighted by Crippen LogP contribution is -2.38. The van der Waals surface area contributed by atoms with Crippen molar-refractivity contribution >= 4 is 16.8 Å². The predicted molar refractivity (Wildman–Crippen MR) is 73.9 cm³/mol. The Morgan fingerprint density at radius 1 is 1.39 bits per heavy atom. The Kier molecular flexibility index (Phi) is 7.51. The van der Waals surface area contributed by atoms with E-state index in [1.807, 2.05) is 13.8 Å². The second kappa shape index (κ2) is 8.64. The minimum Gasteiger partial charge on any atom is -0.466 e. The van der Waals surface area contributed by atoms with Crippen LogP contribution >= 0.6 is 0 Å². The highest BCUT2D eigenvalue weighted by Gasteiger charge is 2.27. The molecular formula is C13H25NO3S. The second-order valence-corrected chi connectivity index (χ2v) is 6.56. The second-order valence-electron chi connectivity index (χ2n) is 4.70. The smallest absolute Gasteiger partial charge is 0.308 e. The summed E-state index contributed by atoms with van der Waals surface area (Å²) < 4.78 is 16.4. The van der Waals surface area contributed by atoms with Gasteiger partial charge in [0.25, 0.3) is 0 Å². The summed E-state index contributed by atoms with van der Waals surface area (Å²) in [5.41, 5.74) is 0. The zero-order valence-corrected chi connectivity index (χ0v) is 12.3. The Balaban J connectivity index is 2.26. The van der Waals surface area contributed by atoms with Gasteiger partial charge in [0.2, 0.25) is 0 Å². The van der Waals surface area contributed by atoms with Crippen molar-refractivity contribution in [3.05, 3.63) is 0 Å². The Hall–Kier alpha value is -0.420. The Morgan fingerprint density at radius 3 is 2.83 bits per heavy atom. The molecule has 1 N–H and O–H groups in total. The first kappa shape index (κ1) is 15.6. The quantitative estimate of drug-likeness (QED) is 0.715. The summed E-state index contributed by atoms with van der Waals surface area (Å²) in [6.07, 6.45) is 3.97. The molecule has 0 bridgehead atoms. The lowest BCUT2D eigenvalue weighted by atomic mass is 9.86. The number of hydrogen-bond acceptors (Lipinski definition) is 4. The molecule has 0 aromatic rings. The average molecular weight is 275 g/mol. The monoisotopic (exact) mass is 275 g/mol. The Bertz CT molecular complexity index is 283. The van der Waals surface area contributed by atoms with E-state index in [1.54, 1.807) is 0 Å². The van der Waals surface area contributed by atoms with Gasteiger partial charge < -0.3 is 10.1 Å². The van der Waals surface area contributed by atoms with E-state index in [4.69, 9.17) is 4.74 Å². The van der Waals surface area contributed by atoms with Crippen LogP contribution in [-0.4, -0.2) is 40.9 Å². The van der Waals surface area contributed by atoms with Crippen molar-refractivity contribution in [1.29, 1.82) is 0 Å². The predicted octanol–water partition coefficient (Wildman–Crippen LogP) is 1.47. The minimum absolute atomic E-state index is 0.0490. The van der Waals surface area contributed by atoms with E-state index in [9.17, 15) is 9.00 Å². The van der Waals surface area contributed by atoms with Gasteiger partial charge in [-0.05, 0) is 26.2 Å². The maximum atomic E-state index is 11.7. The van der Waals surface area contributed by atoms with Crippen LogP contribution < -0.4 is 5.32 Å². The molecule has 1 aliphatic carbocycles. The summed E-state index contributed by atoms with van der Waals surface area (Å²) in [5, 5.41) is 3.41. The van der Waals surface area contributed by atoms with Crippen LogP contribution in [0.5, 0.6) is 0 Å². The molecule has 3 unspecified atom stereocenters. The van der Waals surface area contributed by atoms with E-state index in [-0.39, 0.29) is 11.9 Å². The van der Waals surface area contributed by atoms with Crippen LogP contribution in [0.4, 0.5) is 0 Å². The summed E-state index contributed by atoms with van der Waals surface area (Å²) in [5.74, 6) is 1.42. The van der Waals surface area contributed by atoms with Crippen LogP contribution in [-0.2, 0) is 20.3 Å². The fraction of sp³-hybridized carbons (Fsp3) is 0.923. The van der Waals surface area contributed by atoms with E-state index in [0.29, 0.717) is 18.4 Å². The highest BCUT2D eigenvalue weighted by molar-refractivity contribution is 7.84. The summed E-state index contributed by atoms with van der Waals surface area (Å²) in [4.78, 5) is 11.7. The average Bonchev–Trinajstić information content (AvgIpc) is 2.39. The lowest BCUT2D eigenvalue weighted by Gasteiger charge is -2.28. The summed E-state index contributed by atoms with van der Waals surface area (Å²) in [7, 11) is -0.706. The van der Waals surface area contributed by atoms with Gasteiger partial charge in [0, 0.05) is 34.9 Å². The Labute approximate surface area is 112 Å². The molecule has 0 saturated heterocycles. The summed E-state index contributed by atoms with van der Waals surface area (Å²) in [6, 6.07) is 0.377. The third kappa shape index (κ3) is 5.48. The first-order valence-corrected chi connectivity index (χ1v) is 8.41. The van der Waals surface area contributed by atoms with Crippen LogP contribution in [0.25, 0.3) is 0 Å². The molecule has 3 atom stereocenters. The standard InChI is InChI=1S/C13H25NO3S/c1-3-17-13(15)11-6-5-7-12(10-11)14-8-9-18(16)4-2/h11-12,14H,3-10H2,1-2H3. The van der Waals surface area contributed by atoms with Crippen molar-refractivity contribution in [3.63, 3.8) is 0 Å². The summed E-state index contributed by atoms with van der Waals surface area (Å²) >= 11 is 0. The lowest BCUT2D eigenvalue weighted by molar-refractivity contribution is -0.149. The molecule has 18 heavy (non-hydrogen) atoms. The first-order chi connectivity index (χ1) is 8.67. The molecule has 1 fully saturated rings. The van der Waals surface area contributed by atoms with Gasteiger partial charge in [-0.3, -0.25) is 9.00 Å². The Morgan fingerprint density at radius 2 is 2.17 bits per heavy atom. The molecule has 4 nitrogen and oxygen atoms in total. The first-order valence-electron chi connectivity index (χ1n) is 6.92. The van der Waals surface area contributed by atoms with Gasteiger partial charge in [-0.15, -0.1) is 0 Å². The number of rotatable bonds is 7. The number of carbonyl (C=O) groups is 1. The van der Waals surface area contributed by atoms with Crippen LogP contribution in [0.1, 0.15) is 39.5 Å². The molecule has 0 aromatic heterocycles. The molecule has 0 radical (unpaired) electrons. The van der Waals surface area contributed by atoms with Crippen molar-refractivity contribution in [2.45, 2.75) is 45.6 Å². The maximum absolute atomic E-state index is 11.7.